The summed E-state index contributed by atoms with van der Waals surface area (Å²) in [5.41, 5.74) is 5.25. The van der Waals surface area contributed by atoms with Crippen LogP contribution in [0.15, 0.2) is 24.3 Å². The largest absolute Gasteiger partial charge is 0.416 e. The number of hydrogen-bond donors (Lipinski definition) is 1. The minimum atomic E-state index is -4.36. The van der Waals surface area contributed by atoms with Crippen LogP contribution in [0.3, 0.4) is 0 Å². The molecule has 0 bridgehead atoms. The minimum Gasteiger partial charge on any atom is -0.368 e. The van der Waals surface area contributed by atoms with Gasteiger partial charge < -0.3 is 5.73 Å². The molecule has 2 rings (SSSR count). The second-order valence-corrected chi connectivity index (χ2v) is 4.03. The molecule has 0 spiro atoms. The van der Waals surface area contributed by atoms with Crippen molar-refractivity contribution in [3.63, 3.8) is 0 Å². The highest BCUT2D eigenvalue weighted by Gasteiger charge is 2.30. The first-order chi connectivity index (χ1) is 8.84. The molecule has 0 unspecified atom stereocenters. The third-order valence-electron chi connectivity index (χ3n) is 2.43. The Kier molecular flexibility index (Phi) is 3.37. The van der Waals surface area contributed by atoms with E-state index < -0.39 is 11.7 Å². The van der Waals surface area contributed by atoms with E-state index in [0.717, 1.165) is 12.1 Å². The number of nitrogen functional groups attached to an aromatic ring is 1. The third-order valence-corrected chi connectivity index (χ3v) is 2.43. The maximum atomic E-state index is 12.6. The van der Waals surface area contributed by atoms with E-state index >= 15 is 0 Å². The molecular formula is C12H11F3N4. The van der Waals surface area contributed by atoms with Gasteiger partial charge in [-0.25, -0.2) is 4.98 Å². The normalized spacial score (nSPS) is 11.6. The molecule has 4 nitrogen and oxygen atoms in total. The van der Waals surface area contributed by atoms with Crippen LogP contribution >= 0.6 is 0 Å². The zero-order valence-corrected chi connectivity index (χ0v) is 10.1. The number of aromatic nitrogens is 3. The van der Waals surface area contributed by atoms with E-state index in [-0.39, 0.29) is 12.4 Å². The number of benzene rings is 1. The van der Waals surface area contributed by atoms with E-state index in [2.05, 4.69) is 15.0 Å². The molecule has 0 radical (unpaired) electrons. The predicted molar refractivity (Wildman–Crippen MR) is 63.2 cm³/mol. The molecule has 1 aromatic heterocycles. The summed E-state index contributed by atoms with van der Waals surface area (Å²) in [5, 5.41) is 0. The number of halogens is 3. The maximum Gasteiger partial charge on any atom is 0.416 e. The van der Waals surface area contributed by atoms with Gasteiger partial charge in [0.05, 0.1) is 5.56 Å². The second-order valence-electron chi connectivity index (χ2n) is 4.03. The van der Waals surface area contributed by atoms with Crippen LogP contribution in [0.2, 0.25) is 0 Å². The van der Waals surface area contributed by atoms with Crippen molar-refractivity contribution in [3.8, 4) is 0 Å². The fourth-order valence-corrected chi connectivity index (χ4v) is 1.68. The number of aryl methyl sites for hydroxylation is 1. The molecule has 0 aliphatic carbocycles. The number of nitrogens with two attached hydrogens (primary N) is 1. The van der Waals surface area contributed by atoms with E-state index in [4.69, 9.17) is 5.73 Å². The highest BCUT2D eigenvalue weighted by atomic mass is 19.4. The van der Waals surface area contributed by atoms with Crippen molar-refractivity contribution in [2.24, 2.45) is 0 Å². The molecule has 7 heteroatoms. The molecule has 0 aliphatic rings. The lowest BCUT2D eigenvalue weighted by Gasteiger charge is -2.08. The van der Waals surface area contributed by atoms with Gasteiger partial charge in [-0.05, 0) is 18.6 Å². The van der Waals surface area contributed by atoms with Gasteiger partial charge in [0, 0.05) is 6.42 Å². The fourth-order valence-electron chi connectivity index (χ4n) is 1.68. The average Bonchev–Trinajstić information content (AvgIpc) is 2.26. The molecule has 100 valence electrons. The predicted octanol–water partition coefficient (Wildman–Crippen LogP) is 2.37. The molecule has 0 saturated heterocycles. The Morgan fingerprint density at radius 2 is 1.89 bits per heavy atom. The van der Waals surface area contributed by atoms with Gasteiger partial charge in [0.1, 0.15) is 11.6 Å². The van der Waals surface area contributed by atoms with E-state index in [1.165, 1.54) is 6.07 Å². The van der Waals surface area contributed by atoms with Crippen molar-refractivity contribution in [2.75, 3.05) is 5.73 Å². The van der Waals surface area contributed by atoms with Gasteiger partial charge in [0.15, 0.2) is 0 Å². The SMILES string of the molecule is Cc1nc(N)nc(Cc2cccc(C(F)(F)F)c2)n1. The highest BCUT2D eigenvalue weighted by molar-refractivity contribution is 5.28. The fraction of sp³-hybridized carbons (Fsp3) is 0.250. The number of anilines is 1. The van der Waals surface area contributed by atoms with Crippen LogP contribution in [0.5, 0.6) is 0 Å². The lowest BCUT2D eigenvalue weighted by atomic mass is 10.1. The van der Waals surface area contributed by atoms with Gasteiger partial charge >= 0.3 is 6.18 Å². The van der Waals surface area contributed by atoms with Crippen LogP contribution in [0.1, 0.15) is 22.8 Å². The number of rotatable bonds is 2. The molecule has 0 amide bonds. The van der Waals surface area contributed by atoms with Crippen molar-refractivity contribution in [2.45, 2.75) is 19.5 Å². The van der Waals surface area contributed by atoms with Crippen molar-refractivity contribution < 1.29 is 13.2 Å². The average molecular weight is 268 g/mol. The van der Waals surface area contributed by atoms with Crippen molar-refractivity contribution in [1.29, 1.82) is 0 Å². The van der Waals surface area contributed by atoms with Gasteiger partial charge in [-0.1, -0.05) is 18.2 Å². The Morgan fingerprint density at radius 3 is 2.53 bits per heavy atom. The molecule has 2 aromatic rings. The summed E-state index contributed by atoms with van der Waals surface area (Å²) in [5.74, 6) is 0.855. The lowest BCUT2D eigenvalue weighted by Crippen LogP contribution is -2.07. The molecule has 0 saturated carbocycles. The number of alkyl halides is 3. The summed E-state index contributed by atoms with van der Waals surface area (Å²) in [6.45, 7) is 1.65. The van der Waals surface area contributed by atoms with Gasteiger partial charge in [-0.15, -0.1) is 0 Å². The van der Waals surface area contributed by atoms with E-state index in [9.17, 15) is 13.2 Å². The third kappa shape index (κ3) is 3.40. The Labute approximate surface area is 107 Å². The number of nitrogens with zero attached hydrogens (tertiary/aromatic N) is 3. The van der Waals surface area contributed by atoms with Crippen LogP contribution in [-0.4, -0.2) is 15.0 Å². The van der Waals surface area contributed by atoms with Crippen molar-refractivity contribution in [3.05, 3.63) is 47.0 Å². The Morgan fingerprint density at radius 1 is 1.16 bits per heavy atom. The van der Waals surface area contributed by atoms with Gasteiger partial charge in [0.25, 0.3) is 0 Å². The minimum absolute atomic E-state index is 0.0643. The monoisotopic (exact) mass is 268 g/mol. The first-order valence-electron chi connectivity index (χ1n) is 5.48. The summed E-state index contributed by atoms with van der Waals surface area (Å²) in [7, 11) is 0. The first kappa shape index (κ1) is 13.3. The smallest absolute Gasteiger partial charge is 0.368 e. The van der Waals surface area contributed by atoms with Crippen molar-refractivity contribution in [1.82, 2.24) is 15.0 Å². The molecule has 0 atom stereocenters. The van der Waals surface area contributed by atoms with E-state index in [0.29, 0.717) is 17.2 Å². The molecule has 2 N–H and O–H groups in total. The summed E-state index contributed by atoms with van der Waals surface area (Å²) in [6, 6.07) is 5.05. The molecule has 0 aliphatic heterocycles. The summed E-state index contributed by atoms with van der Waals surface area (Å²) >= 11 is 0. The molecule has 1 heterocycles. The van der Waals surface area contributed by atoms with Crippen LogP contribution in [0.4, 0.5) is 19.1 Å². The Balaban J connectivity index is 2.28. The topological polar surface area (TPSA) is 64.7 Å². The zero-order chi connectivity index (χ0) is 14.0. The number of hydrogen-bond acceptors (Lipinski definition) is 4. The van der Waals surface area contributed by atoms with Crippen LogP contribution in [0.25, 0.3) is 0 Å². The molecule has 19 heavy (non-hydrogen) atoms. The summed E-state index contributed by atoms with van der Waals surface area (Å²) < 4.78 is 37.7. The van der Waals surface area contributed by atoms with E-state index in [1.54, 1.807) is 13.0 Å². The quantitative estimate of drug-likeness (QED) is 0.908. The highest BCUT2D eigenvalue weighted by Crippen LogP contribution is 2.29. The molecule has 0 fully saturated rings. The van der Waals surface area contributed by atoms with E-state index in [1.807, 2.05) is 0 Å². The second kappa shape index (κ2) is 4.83. The first-order valence-corrected chi connectivity index (χ1v) is 5.48. The van der Waals surface area contributed by atoms with Crippen LogP contribution in [0, 0.1) is 6.92 Å². The summed E-state index contributed by atoms with van der Waals surface area (Å²) in [4.78, 5) is 11.7. The van der Waals surface area contributed by atoms with Gasteiger partial charge in [-0.2, -0.15) is 23.1 Å². The maximum absolute atomic E-state index is 12.6. The molecule has 1 aromatic carbocycles. The molecular weight excluding hydrogens is 257 g/mol. The van der Waals surface area contributed by atoms with Crippen LogP contribution in [-0.2, 0) is 12.6 Å². The summed E-state index contributed by atoms with van der Waals surface area (Å²) in [6.07, 6.45) is -4.18. The van der Waals surface area contributed by atoms with Crippen molar-refractivity contribution >= 4 is 5.95 Å². The Bertz CT molecular complexity index is 576. The van der Waals surface area contributed by atoms with Gasteiger partial charge in [-0.3, -0.25) is 0 Å². The lowest BCUT2D eigenvalue weighted by molar-refractivity contribution is -0.137. The standard InChI is InChI=1S/C12H11F3N4/c1-7-17-10(19-11(16)18-7)6-8-3-2-4-9(5-8)12(13,14)15/h2-5H,6H2,1H3,(H2,16,17,18,19). The van der Waals surface area contributed by atoms with Crippen LogP contribution < -0.4 is 5.73 Å². The zero-order valence-electron chi connectivity index (χ0n) is 10.1. The Hall–Kier alpha value is -2.18. The van der Waals surface area contributed by atoms with Gasteiger partial charge in [0.2, 0.25) is 5.95 Å².